The number of ether oxygens (including phenoxy) is 1. The number of guanidine groups is 1. The summed E-state index contributed by atoms with van der Waals surface area (Å²) >= 11 is 0. The Bertz CT molecular complexity index is 1410. The minimum atomic E-state index is -3.63. The third-order valence-electron chi connectivity index (χ3n) is 6.21. The van der Waals surface area contributed by atoms with Crippen LogP contribution in [0.15, 0.2) is 58.5 Å². The Kier molecular flexibility index (Phi) is 5.72. The fraction of sp³-hybridized carbons (Fsp3) is 0.292. The van der Waals surface area contributed by atoms with Crippen molar-refractivity contribution in [1.29, 1.82) is 0 Å². The highest BCUT2D eigenvalue weighted by Gasteiger charge is 2.36. The van der Waals surface area contributed by atoms with Crippen molar-refractivity contribution < 1.29 is 17.9 Å². The minimum Gasteiger partial charge on any atom is -0.497 e. The molecule has 3 aromatic rings. The zero-order valence-electron chi connectivity index (χ0n) is 19.5. The number of sulfone groups is 1. The number of hydrogen-bond donors (Lipinski definition) is 1. The number of fused-ring (bicyclic) bond motifs is 1. The summed E-state index contributed by atoms with van der Waals surface area (Å²) in [6, 6.07) is 14.5. The number of methoxy groups -OCH3 is 1. The number of amides is 1. The molecule has 0 bridgehead atoms. The maximum absolute atomic E-state index is 13.7. The smallest absolute Gasteiger partial charge is 0.277 e. The van der Waals surface area contributed by atoms with Crippen molar-refractivity contribution in [2.45, 2.75) is 17.9 Å². The molecule has 2 N–H and O–H groups in total. The van der Waals surface area contributed by atoms with E-state index in [9.17, 15) is 13.2 Å². The van der Waals surface area contributed by atoms with Crippen LogP contribution in [-0.2, 0) is 16.3 Å². The molecule has 0 aliphatic carbocycles. The highest BCUT2D eigenvalue weighted by Crippen LogP contribution is 2.32. The topological polar surface area (TPSA) is 123 Å². The van der Waals surface area contributed by atoms with Gasteiger partial charge in [0.15, 0.2) is 20.8 Å². The van der Waals surface area contributed by atoms with Crippen LogP contribution in [0.25, 0.3) is 5.69 Å². The van der Waals surface area contributed by atoms with Gasteiger partial charge in [0.05, 0.1) is 12.8 Å². The zero-order chi connectivity index (χ0) is 24.7. The molecule has 182 valence electrons. The van der Waals surface area contributed by atoms with Crippen LogP contribution in [0, 0.1) is 0 Å². The number of aromatic nitrogens is 2. The normalized spacial score (nSPS) is 16.2. The zero-order valence-corrected chi connectivity index (χ0v) is 20.3. The Morgan fingerprint density at radius 1 is 0.943 bits per heavy atom. The first-order chi connectivity index (χ1) is 16.8. The van der Waals surface area contributed by atoms with Gasteiger partial charge in [-0.05, 0) is 61.4 Å². The van der Waals surface area contributed by atoms with Gasteiger partial charge < -0.3 is 20.3 Å². The fourth-order valence-electron chi connectivity index (χ4n) is 4.48. The first-order valence-corrected chi connectivity index (χ1v) is 13.1. The quantitative estimate of drug-likeness (QED) is 0.576. The molecule has 0 saturated carbocycles. The number of carbonyl (C=O) groups excluding carboxylic acids is 1. The molecule has 5 rings (SSSR count). The maximum atomic E-state index is 13.7. The van der Waals surface area contributed by atoms with E-state index in [0.717, 1.165) is 31.5 Å². The van der Waals surface area contributed by atoms with Gasteiger partial charge in [-0.3, -0.25) is 9.79 Å². The molecule has 0 unspecified atom stereocenters. The number of nitrogens with two attached hydrogens (primary N) is 1. The largest absolute Gasteiger partial charge is 0.497 e. The molecule has 11 heteroatoms. The third-order valence-corrected chi connectivity index (χ3v) is 7.24. The number of aliphatic imine (C=N–C) groups is 1. The van der Waals surface area contributed by atoms with Gasteiger partial charge in [0, 0.05) is 42.8 Å². The van der Waals surface area contributed by atoms with Gasteiger partial charge in [-0.15, -0.1) is 0 Å². The van der Waals surface area contributed by atoms with Gasteiger partial charge in [-0.1, -0.05) is 0 Å². The summed E-state index contributed by atoms with van der Waals surface area (Å²) in [7, 11) is -2.07. The third kappa shape index (κ3) is 4.12. The molecule has 0 radical (unpaired) electrons. The van der Waals surface area contributed by atoms with Gasteiger partial charge >= 0.3 is 0 Å². The van der Waals surface area contributed by atoms with Crippen LogP contribution in [-0.4, -0.2) is 63.1 Å². The van der Waals surface area contributed by atoms with Crippen molar-refractivity contribution in [1.82, 2.24) is 9.78 Å². The van der Waals surface area contributed by atoms with E-state index in [1.165, 1.54) is 4.68 Å². The molecule has 2 aliphatic heterocycles. The number of benzene rings is 2. The molecule has 3 heterocycles. The van der Waals surface area contributed by atoms with Gasteiger partial charge in [-0.25, -0.2) is 13.1 Å². The van der Waals surface area contributed by atoms with Crippen LogP contribution >= 0.6 is 0 Å². The minimum absolute atomic E-state index is 0.0634. The lowest BCUT2D eigenvalue weighted by molar-refractivity contribution is 0.0973. The number of nitrogens with zero attached hydrogens (tertiary/aromatic N) is 5. The van der Waals surface area contributed by atoms with Crippen LogP contribution < -0.4 is 20.3 Å². The summed E-state index contributed by atoms with van der Waals surface area (Å²) in [4.78, 5) is 21.6. The molecule has 10 nitrogen and oxygen atoms in total. The highest BCUT2D eigenvalue weighted by molar-refractivity contribution is 7.90. The SMILES string of the molecule is COc1ccc(-n2nc(S(C)(=O)=O)c3c2C(=O)N(c2ccc(N4CCCN=C4N)cc2)CC3)cc1. The Balaban J connectivity index is 1.53. The molecule has 2 aromatic carbocycles. The Morgan fingerprint density at radius 2 is 1.57 bits per heavy atom. The van der Waals surface area contributed by atoms with Crippen LogP contribution in [0.1, 0.15) is 22.5 Å². The molecule has 0 spiro atoms. The Morgan fingerprint density at radius 3 is 2.17 bits per heavy atom. The standard InChI is InChI=1S/C24H26N6O4S/c1-34-19-10-8-18(9-11-19)30-21-20(22(27-30)35(2,32)33)12-15-28(23(21)31)16-4-6-17(7-5-16)29-14-3-13-26-24(29)25/h4-11H,3,12-15H2,1-2H3,(H2,25,26). The van der Waals surface area contributed by atoms with Crippen molar-refractivity contribution in [2.24, 2.45) is 10.7 Å². The van der Waals surface area contributed by atoms with Crippen LogP contribution in [0.5, 0.6) is 5.75 Å². The van der Waals surface area contributed by atoms with Gasteiger partial charge in [0.2, 0.25) is 0 Å². The number of carbonyl (C=O) groups is 1. The average Bonchev–Trinajstić information content (AvgIpc) is 3.26. The highest BCUT2D eigenvalue weighted by atomic mass is 32.2. The summed E-state index contributed by atoms with van der Waals surface area (Å²) in [5.74, 6) is 0.821. The van der Waals surface area contributed by atoms with E-state index < -0.39 is 9.84 Å². The number of rotatable bonds is 5. The van der Waals surface area contributed by atoms with Gasteiger partial charge in [0.25, 0.3) is 5.91 Å². The van der Waals surface area contributed by atoms with E-state index in [1.54, 1.807) is 36.3 Å². The second-order valence-electron chi connectivity index (χ2n) is 8.48. The van der Waals surface area contributed by atoms with Crippen molar-refractivity contribution in [3.63, 3.8) is 0 Å². The summed E-state index contributed by atoms with van der Waals surface area (Å²) in [5, 5.41) is 4.29. The number of anilines is 2. The van der Waals surface area contributed by atoms with Crippen LogP contribution in [0.2, 0.25) is 0 Å². The molecule has 35 heavy (non-hydrogen) atoms. The molecule has 0 saturated heterocycles. The molecule has 2 aliphatic rings. The molecule has 1 amide bonds. The van der Waals surface area contributed by atoms with Crippen molar-refractivity contribution in [3.05, 3.63) is 59.8 Å². The van der Waals surface area contributed by atoms with Gasteiger partial charge in [-0.2, -0.15) is 5.10 Å². The molecule has 0 atom stereocenters. The predicted molar refractivity (Wildman–Crippen MR) is 134 cm³/mol. The van der Waals surface area contributed by atoms with Crippen molar-refractivity contribution in [2.75, 3.05) is 42.8 Å². The van der Waals surface area contributed by atoms with E-state index >= 15 is 0 Å². The number of hydrogen-bond acceptors (Lipinski definition) is 8. The Hall–Kier alpha value is -3.86. The first kappa shape index (κ1) is 22.9. The monoisotopic (exact) mass is 494 g/mol. The predicted octanol–water partition coefficient (Wildman–Crippen LogP) is 2.01. The molecule has 0 fully saturated rings. The lowest BCUT2D eigenvalue weighted by Gasteiger charge is -2.29. The maximum Gasteiger partial charge on any atom is 0.277 e. The van der Waals surface area contributed by atoms with Crippen molar-refractivity contribution >= 4 is 33.1 Å². The lowest BCUT2D eigenvalue weighted by atomic mass is 10.1. The molecule has 1 aromatic heterocycles. The van der Waals surface area contributed by atoms with E-state index in [-0.39, 0.29) is 16.6 Å². The molecular formula is C24H26N6O4S. The van der Waals surface area contributed by atoms with Crippen LogP contribution in [0.3, 0.4) is 0 Å². The first-order valence-electron chi connectivity index (χ1n) is 11.2. The second kappa shape index (κ2) is 8.73. The summed E-state index contributed by atoms with van der Waals surface area (Å²) in [6.45, 7) is 1.85. The van der Waals surface area contributed by atoms with E-state index in [0.29, 0.717) is 41.6 Å². The van der Waals surface area contributed by atoms with E-state index in [4.69, 9.17) is 10.5 Å². The van der Waals surface area contributed by atoms with Crippen LogP contribution in [0.4, 0.5) is 11.4 Å². The summed E-state index contributed by atoms with van der Waals surface area (Å²) < 4.78 is 31.6. The summed E-state index contributed by atoms with van der Waals surface area (Å²) in [5.41, 5.74) is 8.92. The molecular weight excluding hydrogens is 468 g/mol. The lowest BCUT2D eigenvalue weighted by Crippen LogP contribution is -2.41. The second-order valence-corrected chi connectivity index (χ2v) is 10.4. The van der Waals surface area contributed by atoms with Crippen molar-refractivity contribution in [3.8, 4) is 11.4 Å². The van der Waals surface area contributed by atoms with E-state index in [1.807, 2.05) is 29.2 Å². The summed E-state index contributed by atoms with van der Waals surface area (Å²) in [6.07, 6.45) is 2.40. The van der Waals surface area contributed by atoms with Gasteiger partial charge in [0.1, 0.15) is 11.4 Å². The van der Waals surface area contributed by atoms with E-state index in [2.05, 4.69) is 10.1 Å². The average molecular weight is 495 g/mol. The Labute approximate surface area is 203 Å². The fourth-order valence-corrected chi connectivity index (χ4v) is 5.36.